The zero-order valence-electron chi connectivity index (χ0n) is 12.4. The first-order valence-corrected chi connectivity index (χ1v) is 7.33. The molecule has 0 radical (unpaired) electrons. The number of carbonyl (C=O) groups excluding carboxylic acids is 2. The molecule has 0 saturated heterocycles. The van der Waals surface area contributed by atoms with Gasteiger partial charge in [-0.3, -0.25) is 19.7 Å². The van der Waals surface area contributed by atoms with Gasteiger partial charge in [0, 0.05) is 29.1 Å². The molecule has 2 amide bonds. The standard InChI is InChI=1S/C16H14ClN3O4/c17-12-5-3-11(4-6-12)16(22)19-14(15(18)21)9-10-1-7-13(8-2-10)20(23)24/h1-8,14H,9H2,(H2,18,21)(H,19,22)/t14-/m0/s1. The Hall–Kier alpha value is -2.93. The van der Waals surface area contributed by atoms with Gasteiger partial charge in [0.2, 0.25) is 5.91 Å². The highest BCUT2D eigenvalue weighted by Gasteiger charge is 2.20. The molecule has 8 heteroatoms. The third kappa shape index (κ3) is 4.53. The number of amides is 2. The molecule has 0 spiro atoms. The van der Waals surface area contributed by atoms with Crippen LogP contribution in [0, 0.1) is 10.1 Å². The van der Waals surface area contributed by atoms with Gasteiger partial charge in [0.15, 0.2) is 0 Å². The molecule has 2 aromatic carbocycles. The Bertz CT molecular complexity index is 760. The van der Waals surface area contributed by atoms with E-state index in [1.165, 1.54) is 36.4 Å². The van der Waals surface area contributed by atoms with Crippen LogP contribution < -0.4 is 11.1 Å². The molecule has 24 heavy (non-hydrogen) atoms. The van der Waals surface area contributed by atoms with Crippen LogP contribution in [-0.2, 0) is 11.2 Å². The second kappa shape index (κ2) is 7.56. The zero-order valence-corrected chi connectivity index (χ0v) is 13.2. The normalized spacial score (nSPS) is 11.5. The average Bonchev–Trinajstić information content (AvgIpc) is 2.55. The van der Waals surface area contributed by atoms with Gasteiger partial charge in [-0.05, 0) is 29.8 Å². The Labute approximate surface area is 142 Å². The van der Waals surface area contributed by atoms with E-state index in [4.69, 9.17) is 17.3 Å². The number of nitrogens with two attached hydrogens (primary N) is 1. The van der Waals surface area contributed by atoms with Gasteiger partial charge in [0.1, 0.15) is 6.04 Å². The summed E-state index contributed by atoms with van der Waals surface area (Å²) in [4.78, 5) is 33.8. The summed E-state index contributed by atoms with van der Waals surface area (Å²) in [6.45, 7) is 0. The first kappa shape index (κ1) is 17.4. The molecule has 3 N–H and O–H groups in total. The minimum Gasteiger partial charge on any atom is -0.368 e. The Morgan fingerprint density at radius 1 is 1.12 bits per heavy atom. The summed E-state index contributed by atoms with van der Waals surface area (Å²) >= 11 is 5.76. The van der Waals surface area contributed by atoms with Gasteiger partial charge in [-0.1, -0.05) is 23.7 Å². The maximum atomic E-state index is 12.2. The van der Waals surface area contributed by atoms with Crippen molar-refractivity contribution in [2.45, 2.75) is 12.5 Å². The molecule has 7 nitrogen and oxygen atoms in total. The van der Waals surface area contributed by atoms with Crippen LogP contribution in [0.3, 0.4) is 0 Å². The number of hydrogen-bond acceptors (Lipinski definition) is 4. The number of halogens is 1. The Morgan fingerprint density at radius 2 is 1.71 bits per heavy atom. The lowest BCUT2D eigenvalue weighted by molar-refractivity contribution is -0.384. The highest BCUT2D eigenvalue weighted by Crippen LogP contribution is 2.14. The maximum Gasteiger partial charge on any atom is 0.269 e. The van der Waals surface area contributed by atoms with Gasteiger partial charge < -0.3 is 11.1 Å². The SMILES string of the molecule is NC(=O)[C@H](Cc1ccc([N+](=O)[O-])cc1)NC(=O)c1ccc(Cl)cc1. The van der Waals surface area contributed by atoms with Crippen molar-refractivity contribution in [2.75, 3.05) is 0 Å². The molecule has 0 saturated carbocycles. The number of benzene rings is 2. The van der Waals surface area contributed by atoms with Crippen LogP contribution in [0.4, 0.5) is 5.69 Å². The van der Waals surface area contributed by atoms with E-state index in [0.29, 0.717) is 16.1 Å². The molecule has 0 heterocycles. The third-order valence-electron chi connectivity index (χ3n) is 3.34. The predicted molar refractivity (Wildman–Crippen MR) is 88.7 cm³/mol. The van der Waals surface area contributed by atoms with Crippen LogP contribution in [0.15, 0.2) is 48.5 Å². The molecule has 1 atom stereocenters. The van der Waals surface area contributed by atoms with Crippen molar-refractivity contribution in [3.63, 3.8) is 0 Å². The van der Waals surface area contributed by atoms with Crippen molar-refractivity contribution in [1.82, 2.24) is 5.32 Å². The average molecular weight is 348 g/mol. The number of nitrogens with zero attached hydrogens (tertiary/aromatic N) is 1. The van der Waals surface area contributed by atoms with Gasteiger partial charge in [-0.25, -0.2) is 0 Å². The zero-order chi connectivity index (χ0) is 17.7. The topological polar surface area (TPSA) is 115 Å². The van der Waals surface area contributed by atoms with Crippen molar-refractivity contribution in [3.8, 4) is 0 Å². The van der Waals surface area contributed by atoms with Gasteiger partial charge in [-0.2, -0.15) is 0 Å². The van der Waals surface area contributed by atoms with E-state index in [1.54, 1.807) is 12.1 Å². The van der Waals surface area contributed by atoms with E-state index in [-0.39, 0.29) is 12.1 Å². The fourth-order valence-corrected chi connectivity index (χ4v) is 2.18. The number of nitrogens with one attached hydrogen (secondary N) is 1. The highest BCUT2D eigenvalue weighted by molar-refractivity contribution is 6.30. The monoisotopic (exact) mass is 347 g/mol. The maximum absolute atomic E-state index is 12.2. The van der Waals surface area contributed by atoms with Crippen molar-refractivity contribution in [2.24, 2.45) is 5.73 Å². The van der Waals surface area contributed by atoms with E-state index in [2.05, 4.69) is 5.32 Å². The van der Waals surface area contributed by atoms with Crippen molar-refractivity contribution in [1.29, 1.82) is 0 Å². The van der Waals surface area contributed by atoms with E-state index in [9.17, 15) is 19.7 Å². The summed E-state index contributed by atoms with van der Waals surface area (Å²) in [5.41, 5.74) is 6.26. The fourth-order valence-electron chi connectivity index (χ4n) is 2.06. The number of hydrogen-bond donors (Lipinski definition) is 2. The quantitative estimate of drug-likeness (QED) is 0.614. The number of nitro benzene ring substituents is 1. The highest BCUT2D eigenvalue weighted by atomic mass is 35.5. The van der Waals surface area contributed by atoms with Crippen molar-refractivity contribution in [3.05, 3.63) is 74.8 Å². The summed E-state index contributed by atoms with van der Waals surface area (Å²) in [6.07, 6.45) is 0.132. The first-order chi connectivity index (χ1) is 11.4. The van der Waals surface area contributed by atoms with E-state index < -0.39 is 22.8 Å². The second-order valence-electron chi connectivity index (χ2n) is 5.06. The van der Waals surface area contributed by atoms with Crippen molar-refractivity contribution < 1.29 is 14.5 Å². The van der Waals surface area contributed by atoms with Gasteiger partial charge in [0.25, 0.3) is 11.6 Å². The number of nitro groups is 1. The van der Waals surface area contributed by atoms with Gasteiger partial charge in [0.05, 0.1) is 4.92 Å². The summed E-state index contributed by atoms with van der Waals surface area (Å²) in [7, 11) is 0. The number of primary amides is 1. The van der Waals surface area contributed by atoms with Gasteiger partial charge in [-0.15, -0.1) is 0 Å². The fraction of sp³-hybridized carbons (Fsp3) is 0.125. The van der Waals surface area contributed by atoms with Crippen molar-refractivity contribution >= 4 is 29.1 Å². The van der Waals surface area contributed by atoms with Gasteiger partial charge >= 0.3 is 0 Å². The Balaban J connectivity index is 2.09. The minimum absolute atomic E-state index is 0.0559. The smallest absolute Gasteiger partial charge is 0.269 e. The minimum atomic E-state index is -0.936. The molecular formula is C16H14ClN3O4. The molecule has 2 aromatic rings. The van der Waals surface area contributed by atoms with Crippen LogP contribution in [0.5, 0.6) is 0 Å². The summed E-state index contributed by atoms with van der Waals surface area (Å²) < 4.78 is 0. The summed E-state index contributed by atoms with van der Waals surface area (Å²) in [5, 5.41) is 13.7. The lowest BCUT2D eigenvalue weighted by Gasteiger charge is -2.15. The number of carbonyl (C=O) groups is 2. The van der Waals surface area contributed by atoms with E-state index in [0.717, 1.165) is 0 Å². The summed E-state index contributed by atoms with van der Waals surface area (Å²) in [5.74, 6) is -1.16. The number of rotatable bonds is 6. The molecule has 0 unspecified atom stereocenters. The molecule has 2 rings (SSSR count). The predicted octanol–water partition coefficient (Wildman–Crippen LogP) is 2.07. The second-order valence-corrected chi connectivity index (χ2v) is 5.50. The molecule has 0 aromatic heterocycles. The molecule has 0 aliphatic heterocycles. The van der Waals surface area contributed by atoms with Crippen LogP contribution in [0.1, 0.15) is 15.9 Å². The molecule has 0 aliphatic carbocycles. The van der Waals surface area contributed by atoms with Crippen LogP contribution >= 0.6 is 11.6 Å². The lowest BCUT2D eigenvalue weighted by Crippen LogP contribution is -2.45. The number of non-ortho nitro benzene ring substituents is 1. The lowest BCUT2D eigenvalue weighted by atomic mass is 10.0. The Kier molecular flexibility index (Phi) is 5.49. The molecule has 0 fully saturated rings. The van der Waals surface area contributed by atoms with Crippen LogP contribution in [0.2, 0.25) is 5.02 Å². The molecule has 0 bridgehead atoms. The third-order valence-corrected chi connectivity index (χ3v) is 3.59. The van der Waals surface area contributed by atoms with E-state index >= 15 is 0 Å². The van der Waals surface area contributed by atoms with Crippen LogP contribution in [0.25, 0.3) is 0 Å². The summed E-state index contributed by atoms with van der Waals surface area (Å²) in [6, 6.07) is 10.9. The Morgan fingerprint density at radius 3 is 2.21 bits per heavy atom. The molecular weight excluding hydrogens is 334 g/mol. The van der Waals surface area contributed by atoms with E-state index in [1.807, 2.05) is 0 Å². The van der Waals surface area contributed by atoms with Crippen LogP contribution in [-0.4, -0.2) is 22.8 Å². The first-order valence-electron chi connectivity index (χ1n) is 6.96. The largest absolute Gasteiger partial charge is 0.368 e. The molecule has 0 aliphatic rings. The molecule has 124 valence electrons.